The Kier molecular flexibility index (Phi) is 14.1. The van der Waals surface area contributed by atoms with Gasteiger partial charge in [0, 0.05) is 5.75 Å². The van der Waals surface area contributed by atoms with Gasteiger partial charge in [0.15, 0.2) is 0 Å². The monoisotopic (exact) mass is 463 g/mol. The molecule has 11 nitrogen and oxygen atoms in total. The van der Waals surface area contributed by atoms with E-state index >= 15 is 0 Å². The molecule has 0 aliphatic rings. The lowest BCUT2D eigenvalue weighted by atomic mass is 9.99. The van der Waals surface area contributed by atoms with Crippen molar-refractivity contribution in [1.29, 1.82) is 0 Å². The summed E-state index contributed by atoms with van der Waals surface area (Å²) in [5.74, 6) is -3.62. The van der Waals surface area contributed by atoms with Crippen molar-refractivity contribution in [1.82, 2.24) is 16.0 Å². The molecule has 0 saturated carbocycles. The van der Waals surface area contributed by atoms with Crippen molar-refractivity contribution in [3.63, 3.8) is 0 Å². The van der Waals surface area contributed by atoms with E-state index in [0.29, 0.717) is 25.8 Å². The number of thiol groups is 1. The van der Waals surface area contributed by atoms with Gasteiger partial charge in [-0.25, -0.2) is 4.79 Å². The van der Waals surface area contributed by atoms with Gasteiger partial charge in [-0.05, 0) is 38.6 Å². The first-order chi connectivity index (χ1) is 14.5. The van der Waals surface area contributed by atoms with Crippen molar-refractivity contribution in [2.24, 2.45) is 17.4 Å². The van der Waals surface area contributed by atoms with Gasteiger partial charge < -0.3 is 37.6 Å². The van der Waals surface area contributed by atoms with Crippen LogP contribution in [0, 0.1) is 5.92 Å². The van der Waals surface area contributed by atoms with Gasteiger partial charge in [0.25, 0.3) is 0 Å². The number of carboxylic acid groups (broad SMARTS) is 1. The van der Waals surface area contributed by atoms with Crippen molar-refractivity contribution in [2.45, 2.75) is 76.7 Å². The number of carbonyl (C=O) groups excluding carboxylic acids is 3. The van der Waals surface area contributed by atoms with Crippen LogP contribution < -0.4 is 27.4 Å². The summed E-state index contributed by atoms with van der Waals surface area (Å²) in [4.78, 5) is 49.0. The molecule has 31 heavy (non-hydrogen) atoms. The minimum absolute atomic E-state index is 0.0823. The van der Waals surface area contributed by atoms with Gasteiger partial charge in [-0.3, -0.25) is 14.4 Å². The number of amides is 3. The predicted molar refractivity (Wildman–Crippen MR) is 119 cm³/mol. The maximum atomic E-state index is 12.8. The highest BCUT2D eigenvalue weighted by Gasteiger charge is 2.31. The van der Waals surface area contributed by atoms with Gasteiger partial charge in [0.2, 0.25) is 17.7 Å². The number of carbonyl (C=O) groups is 4. The third-order valence-corrected chi connectivity index (χ3v) is 5.36. The van der Waals surface area contributed by atoms with Gasteiger partial charge in [0.1, 0.15) is 24.2 Å². The van der Waals surface area contributed by atoms with E-state index in [1.54, 1.807) is 13.8 Å². The Morgan fingerprint density at radius 2 is 1.52 bits per heavy atom. The number of hydrogen-bond donors (Lipinski definition) is 8. The van der Waals surface area contributed by atoms with Crippen molar-refractivity contribution in [3.05, 3.63) is 0 Å². The van der Waals surface area contributed by atoms with Crippen molar-refractivity contribution >= 4 is 36.3 Å². The molecule has 0 aromatic heterocycles. The van der Waals surface area contributed by atoms with E-state index in [1.807, 2.05) is 0 Å². The average Bonchev–Trinajstić information content (AvgIpc) is 2.73. The fraction of sp³-hybridized carbons (Fsp3) is 0.789. The molecule has 0 heterocycles. The van der Waals surface area contributed by atoms with Crippen LogP contribution in [0.15, 0.2) is 0 Å². The molecule has 0 spiro atoms. The smallest absolute Gasteiger partial charge is 0.326 e. The third-order valence-electron chi connectivity index (χ3n) is 4.99. The minimum atomic E-state index is -1.22. The maximum absolute atomic E-state index is 12.8. The summed E-state index contributed by atoms with van der Waals surface area (Å²) in [5.41, 5.74) is 11.1. The Labute approximate surface area is 188 Å². The highest BCUT2D eigenvalue weighted by atomic mass is 32.1. The van der Waals surface area contributed by atoms with Gasteiger partial charge >= 0.3 is 5.97 Å². The highest BCUT2D eigenvalue weighted by Crippen LogP contribution is 2.09. The zero-order valence-electron chi connectivity index (χ0n) is 18.3. The molecule has 0 aliphatic carbocycles. The standard InChI is InChI=1S/C19H37N5O6S/c1-4-10(2)15(19(29)30)24-17(27)13(9-31)23-16(26)12(7-5-6-8-20)22-18(28)14(21)11(3)25/h10-15,25,31H,4-9,20-21H2,1-3H3,(H,22,28)(H,23,26)(H,24,27)(H,29,30). The van der Waals surface area contributed by atoms with Gasteiger partial charge in [0.05, 0.1) is 6.10 Å². The van der Waals surface area contributed by atoms with Crippen LogP contribution >= 0.6 is 12.6 Å². The second-order valence-electron chi connectivity index (χ2n) is 7.57. The van der Waals surface area contributed by atoms with E-state index in [4.69, 9.17) is 11.5 Å². The molecule has 180 valence electrons. The Hall–Kier alpha value is -1.89. The van der Waals surface area contributed by atoms with Gasteiger partial charge in [-0.2, -0.15) is 12.6 Å². The fourth-order valence-electron chi connectivity index (χ4n) is 2.65. The van der Waals surface area contributed by atoms with Crippen molar-refractivity contribution in [3.8, 4) is 0 Å². The SMILES string of the molecule is CCC(C)C(NC(=O)C(CS)NC(=O)C(CCCCN)NC(=O)C(N)C(C)O)C(=O)O. The summed E-state index contributed by atoms with van der Waals surface area (Å²) in [5, 5.41) is 26.3. The number of hydrogen-bond acceptors (Lipinski definition) is 8. The minimum Gasteiger partial charge on any atom is -0.480 e. The van der Waals surface area contributed by atoms with Crippen LogP contribution in [0.2, 0.25) is 0 Å². The fourth-order valence-corrected chi connectivity index (χ4v) is 2.91. The lowest BCUT2D eigenvalue weighted by molar-refractivity contribution is -0.143. The molecule has 6 atom stereocenters. The Morgan fingerprint density at radius 1 is 0.968 bits per heavy atom. The molecule has 6 unspecified atom stereocenters. The Bertz CT molecular complexity index is 606. The number of aliphatic carboxylic acids is 1. The lowest BCUT2D eigenvalue weighted by Gasteiger charge is -2.26. The van der Waals surface area contributed by atoms with Crippen molar-refractivity contribution < 1.29 is 29.4 Å². The molecule has 9 N–H and O–H groups in total. The van der Waals surface area contributed by atoms with E-state index in [2.05, 4.69) is 28.6 Å². The largest absolute Gasteiger partial charge is 0.480 e. The summed E-state index contributed by atoms with van der Waals surface area (Å²) in [7, 11) is 0. The summed E-state index contributed by atoms with van der Waals surface area (Å²) in [6.07, 6.45) is 0.817. The second-order valence-corrected chi connectivity index (χ2v) is 7.93. The molecule has 0 saturated heterocycles. The van der Waals surface area contributed by atoms with E-state index in [-0.39, 0.29) is 18.1 Å². The number of unbranched alkanes of at least 4 members (excludes halogenated alkanes) is 1. The second kappa shape index (κ2) is 15.0. The van der Waals surface area contributed by atoms with E-state index < -0.39 is 54.0 Å². The van der Waals surface area contributed by atoms with Gasteiger partial charge in [-0.15, -0.1) is 0 Å². The summed E-state index contributed by atoms with van der Waals surface area (Å²) in [6.45, 7) is 5.26. The molecule has 0 aromatic carbocycles. The number of aliphatic hydroxyl groups is 1. The molecule has 3 amide bonds. The highest BCUT2D eigenvalue weighted by molar-refractivity contribution is 7.80. The Balaban J connectivity index is 5.28. The first kappa shape index (κ1) is 29.1. The first-order valence-electron chi connectivity index (χ1n) is 10.4. The summed E-state index contributed by atoms with van der Waals surface area (Å²) < 4.78 is 0. The van der Waals surface area contributed by atoms with E-state index in [0.717, 1.165) is 0 Å². The average molecular weight is 464 g/mol. The van der Waals surface area contributed by atoms with Crippen LogP contribution in [-0.4, -0.2) is 76.5 Å². The van der Waals surface area contributed by atoms with Crippen LogP contribution in [-0.2, 0) is 19.2 Å². The van der Waals surface area contributed by atoms with Gasteiger partial charge in [-0.1, -0.05) is 20.3 Å². The van der Waals surface area contributed by atoms with E-state index in [1.165, 1.54) is 6.92 Å². The molecule has 0 bridgehead atoms. The zero-order valence-corrected chi connectivity index (χ0v) is 19.2. The Morgan fingerprint density at radius 3 is 1.97 bits per heavy atom. The number of nitrogens with one attached hydrogen (secondary N) is 3. The predicted octanol–water partition coefficient (Wildman–Crippen LogP) is -1.66. The molecule has 12 heteroatoms. The number of aliphatic hydroxyl groups excluding tert-OH is 1. The number of carboxylic acids is 1. The number of nitrogens with two attached hydrogens (primary N) is 2. The summed E-state index contributed by atoms with van der Waals surface area (Å²) >= 11 is 4.08. The molecule has 0 aliphatic heterocycles. The van der Waals surface area contributed by atoms with Crippen molar-refractivity contribution in [2.75, 3.05) is 12.3 Å². The molecule has 0 radical (unpaired) electrons. The molecular weight excluding hydrogens is 426 g/mol. The zero-order chi connectivity index (χ0) is 24.1. The normalized spacial score (nSPS) is 16.9. The van der Waals surface area contributed by atoms with Crippen LogP contribution in [0.25, 0.3) is 0 Å². The van der Waals surface area contributed by atoms with Crippen LogP contribution in [0.1, 0.15) is 46.5 Å². The quantitative estimate of drug-likeness (QED) is 0.104. The molecule has 0 rings (SSSR count). The first-order valence-corrected chi connectivity index (χ1v) is 11.0. The summed E-state index contributed by atoms with van der Waals surface area (Å²) in [6, 6.07) is -4.45. The third kappa shape index (κ3) is 10.3. The van der Waals surface area contributed by atoms with Crippen LogP contribution in [0.5, 0.6) is 0 Å². The molecular formula is C19H37N5O6S. The lowest BCUT2D eigenvalue weighted by Crippen LogP contribution is -2.59. The molecule has 0 fully saturated rings. The van der Waals surface area contributed by atoms with Crippen LogP contribution in [0.3, 0.4) is 0 Å². The maximum Gasteiger partial charge on any atom is 0.326 e. The van der Waals surface area contributed by atoms with Crippen LogP contribution in [0.4, 0.5) is 0 Å². The molecule has 0 aromatic rings. The topological polar surface area (TPSA) is 197 Å². The number of rotatable bonds is 15. The van der Waals surface area contributed by atoms with E-state index in [9.17, 15) is 29.4 Å².